The highest BCUT2D eigenvalue weighted by Crippen LogP contribution is 2.04. The predicted molar refractivity (Wildman–Crippen MR) is 72.8 cm³/mol. The number of benzene rings is 1. The summed E-state index contributed by atoms with van der Waals surface area (Å²) in [5.74, 6) is -1.32. The minimum Gasteiger partial charge on any atom is -0.453 e. The number of rotatable bonds is 6. The molecular formula is C13H17N3O4. The molecule has 0 aliphatic heterocycles. The standard InChI is InChI=1S/C13H17N3O4/c1-9(12(14)18)20-11(17)7-8-15-13(19)16-10-5-3-2-4-6-10/h2-6,9H,7-8H2,1H3,(H2,14,18)(H2,15,16,19)/t9-/m1/s1. The molecule has 0 unspecified atom stereocenters. The fraction of sp³-hybridized carbons (Fsp3) is 0.308. The highest BCUT2D eigenvalue weighted by atomic mass is 16.5. The second-order valence-electron chi connectivity index (χ2n) is 4.03. The van der Waals surface area contributed by atoms with Crippen LogP contribution in [0.1, 0.15) is 13.3 Å². The van der Waals surface area contributed by atoms with E-state index in [0.717, 1.165) is 0 Å². The van der Waals surface area contributed by atoms with Crippen molar-refractivity contribution in [3.8, 4) is 0 Å². The van der Waals surface area contributed by atoms with Crippen LogP contribution in [0, 0.1) is 0 Å². The van der Waals surface area contributed by atoms with Crippen LogP contribution in [0.4, 0.5) is 10.5 Å². The molecule has 4 N–H and O–H groups in total. The van der Waals surface area contributed by atoms with Gasteiger partial charge in [0, 0.05) is 12.2 Å². The Morgan fingerprint density at radius 3 is 2.50 bits per heavy atom. The van der Waals surface area contributed by atoms with Gasteiger partial charge in [0.05, 0.1) is 6.42 Å². The molecule has 20 heavy (non-hydrogen) atoms. The summed E-state index contributed by atoms with van der Waals surface area (Å²) >= 11 is 0. The molecule has 0 saturated heterocycles. The van der Waals surface area contributed by atoms with Crippen molar-refractivity contribution in [1.29, 1.82) is 0 Å². The summed E-state index contributed by atoms with van der Waals surface area (Å²) in [4.78, 5) is 33.5. The van der Waals surface area contributed by atoms with E-state index in [1.807, 2.05) is 6.07 Å². The molecule has 7 heteroatoms. The third kappa shape index (κ3) is 5.85. The lowest BCUT2D eigenvalue weighted by Gasteiger charge is -2.10. The maximum Gasteiger partial charge on any atom is 0.319 e. The molecule has 0 aromatic heterocycles. The molecule has 7 nitrogen and oxygen atoms in total. The Balaban J connectivity index is 2.22. The van der Waals surface area contributed by atoms with Gasteiger partial charge in [0.1, 0.15) is 0 Å². The van der Waals surface area contributed by atoms with Crippen molar-refractivity contribution in [2.45, 2.75) is 19.4 Å². The van der Waals surface area contributed by atoms with Gasteiger partial charge in [0.15, 0.2) is 6.10 Å². The van der Waals surface area contributed by atoms with Crippen molar-refractivity contribution in [2.75, 3.05) is 11.9 Å². The Bertz CT molecular complexity index is 476. The summed E-state index contributed by atoms with van der Waals surface area (Å²) in [6.07, 6.45) is -1.01. The Labute approximate surface area is 116 Å². The van der Waals surface area contributed by atoms with Crippen LogP contribution in [-0.2, 0) is 14.3 Å². The molecular weight excluding hydrogens is 262 g/mol. The first kappa shape index (κ1) is 15.5. The number of para-hydroxylation sites is 1. The van der Waals surface area contributed by atoms with E-state index in [-0.39, 0.29) is 13.0 Å². The highest BCUT2D eigenvalue weighted by molar-refractivity contribution is 5.89. The molecule has 0 bridgehead atoms. The number of anilines is 1. The number of nitrogens with one attached hydrogen (secondary N) is 2. The first-order valence-electron chi connectivity index (χ1n) is 6.07. The zero-order valence-corrected chi connectivity index (χ0v) is 11.1. The number of hydrogen-bond donors (Lipinski definition) is 3. The molecule has 1 aromatic carbocycles. The molecule has 1 aromatic rings. The van der Waals surface area contributed by atoms with Gasteiger partial charge in [-0.25, -0.2) is 4.79 Å². The van der Waals surface area contributed by atoms with E-state index >= 15 is 0 Å². The number of primary amides is 1. The second kappa shape index (κ2) is 7.78. The third-order valence-corrected chi connectivity index (χ3v) is 2.36. The van der Waals surface area contributed by atoms with E-state index in [0.29, 0.717) is 5.69 Å². The van der Waals surface area contributed by atoms with E-state index in [1.54, 1.807) is 24.3 Å². The number of hydrogen-bond acceptors (Lipinski definition) is 4. The first-order valence-corrected chi connectivity index (χ1v) is 6.07. The molecule has 1 rings (SSSR count). The Morgan fingerprint density at radius 2 is 1.90 bits per heavy atom. The highest BCUT2D eigenvalue weighted by Gasteiger charge is 2.14. The van der Waals surface area contributed by atoms with Gasteiger partial charge in [0.2, 0.25) is 0 Å². The fourth-order valence-corrected chi connectivity index (χ4v) is 1.29. The van der Waals surface area contributed by atoms with E-state index < -0.39 is 24.0 Å². The first-order chi connectivity index (χ1) is 9.49. The Kier molecular flexibility index (Phi) is 6.02. The molecule has 0 aliphatic rings. The Morgan fingerprint density at radius 1 is 1.25 bits per heavy atom. The maximum absolute atomic E-state index is 11.5. The lowest BCUT2D eigenvalue weighted by molar-refractivity contribution is -0.153. The topological polar surface area (TPSA) is 111 Å². The molecule has 108 valence electrons. The third-order valence-electron chi connectivity index (χ3n) is 2.36. The van der Waals surface area contributed by atoms with Crippen LogP contribution in [0.15, 0.2) is 30.3 Å². The van der Waals surface area contributed by atoms with Crippen LogP contribution in [0.5, 0.6) is 0 Å². The van der Waals surface area contributed by atoms with Crippen molar-refractivity contribution in [1.82, 2.24) is 5.32 Å². The van der Waals surface area contributed by atoms with Crippen LogP contribution in [-0.4, -0.2) is 30.6 Å². The lowest BCUT2D eigenvalue weighted by Crippen LogP contribution is -2.33. The summed E-state index contributed by atoms with van der Waals surface area (Å²) in [5, 5.41) is 5.10. The number of nitrogens with two attached hydrogens (primary N) is 1. The largest absolute Gasteiger partial charge is 0.453 e. The van der Waals surface area contributed by atoms with Crippen LogP contribution in [0.3, 0.4) is 0 Å². The second-order valence-corrected chi connectivity index (χ2v) is 4.03. The van der Waals surface area contributed by atoms with Crippen molar-refractivity contribution >= 4 is 23.6 Å². The van der Waals surface area contributed by atoms with Gasteiger partial charge in [-0.1, -0.05) is 18.2 Å². The number of carbonyl (C=O) groups excluding carboxylic acids is 3. The minimum atomic E-state index is -0.972. The normalized spacial score (nSPS) is 11.2. The number of carbonyl (C=O) groups is 3. The molecule has 0 aliphatic carbocycles. The quantitative estimate of drug-likeness (QED) is 0.663. The van der Waals surface area contributed by atoms with Gasteiger partial charge in [-0.05, 0) is 19.1 Å². The van der Waals surface area contributed by atoms with E-state index in [2.05, 4.69) is 10.6 Å². The minimum absolute atomic E-state index is 0.0418. The van der Waals surface area contributed by atoms with E-state index in [1.165, 1.54) is 6.92 Å². The van der Waals surface area contributed by atoms with Gasteiger partial charge in [-0.2, -0.15) is 0 Å². The van der Waals surface area contributed by atoms with Crippen LogP contribution >= 0.6 is 0 Å². The summed E-state index contributed by atoms with van der Waals surface area (Å²) in [6.45, 7) is 1.48. The predicted octanol–water partition coefficient (Wildman–Crippen LogP) is 0.615. The average molecular weight is 279 g/mol. The molecule has 0 fully saturated rings. The van der Waals surface area contributed by atoms with Crippen molar-refractivity contribution in [2.24, 2.45) is 5.73 Å². The fourth-order valence-electron chi connectivity index (χ4n) is 1.29. The zero-order chi connectivity index (χ0) is 15.0. The smallest absolute Gasteiger partial charge is 0.319 e. The van der Waals surface area contributed by atoms with Gasteiger partial charge < -0.3 is 21.1 Å². The van der Waals surface area contributed by atoms with Gasteiger partial charge in [0.25, 0.3) is 5.91 Å². The molecule has 0 saturated carbocycles. The monoisotopic (exact) mass is 279 g/mol. The van der Waals surface area contributed by atoms with Crippen molar-refractivity contribution in [3.05, 3.63) is 30.3 Å². The van der Waals surface area contributed by atoms with Crippen molar-refractivity contribution < 1.29 is 19.1 Å². The van der Waals surface area contributed by atoms with Gasteiger partial charge >= 0.3 is 12.0 Å². The molecule has 0 heterocycles. The van der Waals surface area contributed by atoms with Crippen molar-refractivity contribution in [3.63, 3.8) is 0 Å². The summed E-state index contributed by atoms with van der Waals surface area (Å²) < 4.78 is 4.73. The number of esters is 1. The van der Waals surface area contributed by atoms with Crippen LogP contribution in [0.25, 0.3) is 0 Å². The SMILES string of the molecule is C[C@@H](OC(=O)CCNC(=O)Nc1ccccc1)C(N)=O. The van der Waals surface area contributed by atoms with Gasteiger partial charge in [-0.15, -0.1) is 0 Å². The van der Waals surface area contributed by atoms with E-state index in [4.69, 9.17) is 10.5 Å². The summed E-state index contributed by atoms with van der Waals surface area (Å²) in [7, 11) is 0. The van der Waals surface area contributed by atoms with Crippen LogP contribution < -0.4 is 16.4 Å². The molecule has 0 spiro atoms. The van der Waals surface area contributed by atoms with Gasteiger partial charge in [-0.3, -0.25) is 9.59 Å². The number of urea groups is 1. The summed E-state index contributed by atoms with van der Waals surface area (Å²) in [5.41, 5.74) is 5.60. The summed E-state index contributed by atoms with van der Waals surface area (Å²) in [6, 6.07) is 8.46. The van der Waals surface area contributed by atoms with Crippen LogP contribution in [0.2, 0.25) is 0 Å². The van der Waals surface area contributed by atoms with E-state index in [9.17, 15) is 14.4 Å². The Hall–Kier alpha value is -2.57. The number of amides is 3. The molecule has 3 amide bonds. The average Bonchev–Trinajstić information content (AvgIpc) is 2.39. The zero-order valence-electron chi connectivity index (χ0n) is 11.1. The molecule has 1 atom stereocenters. The molecule has 0 radical (unpaired) electrons. The number of ether oxygens (including phenoxy) is 1. The lowest BCUT2D eigenvalue weighted by atomic mass is 10.3. The maximum atomic E-state index is 11.5.